The summed E-state index contributed by atoms with van der Waals surface area (Å²) in [6, 6.07) is 6.20. The second-order valence-electron chi connectivity index (χ2n) is 3.59. The molecule has 1 aliphatic rings. The van der Waals surface area contributed by atoms with Crippen molar-refractivity contribution in [3.8, 4) is 5.75 Å². The Morgan fingerprint density at radius 3 is 3.14 bits per heavy atom. The Balaban J connectivity index is 2.23. The Hall–Kier alpha value is -1.22. The highest BCUT2D eigenvalue weighted by molar-refractivity contribution is 5.56. The molecule has 0 fully saturated rings. The molecule has 0 radical (unpaired) electrons. The maximum Gasteiger partial charge on any atom is 0.119 e. The van der Waals surface area contributed by atoms with Crippen molar-refractivity contribution in [2.45, 2.75) is 18.9 Å². The van der Waals surface area contributed by atoms with Crippen LogP contribution in [0.2, 0.25) is 0 Å². The second-order valence-corrected chi connectivity index (χ2v) is 3.59. The van der Waals surface area contributed by atoms with Crippen LogP contribution in [0, 0.1) is 0 Å². The van der Waals surface area contributed by atoms with E-state index in [1.54, 1.807) is 7.11 Å². The molecule has 0 spiro atoms. The molecule has 0 aliphatic carbocycles. The van der Waals surface area contributed by atoms with Crippen molar-refractivity contribution in [1.82, 2.24) is 0 Å². The minimum atomic E-state index is 0.200. The summed E-state index contributed by atoms with van der Waals surface area (Å²) in [5, 5.41) is 12.3. The van der Waals surface area contributed by atoms with E-state index in [0.717, 1.165) is 24.3 Å². The average molecular weight is 193 g/mol. The molecule has 1 aromatic carbocycles. The fraction of sp³-hybridized carbons (Fsp3) is 0.455. The van der Waals surface area contributed by atoms with Gasteiger partial charge in [-0.1, -0.05) is 0 Å². The minimum absolute atomic E-state index is 0.200. The Labute approximate surface area is 83.7 Å². The van der Waals surface area contributed by atoms with Crippen LogP contribution in [-0.4, -0.2) is 24.9 Å². The van der Waals surface area contributed by atoms with Crippen LogP contribution < -0.4 is 10.1 Å². The van der Waals surface area contributed by atoms with Gasteiger partial charge in [0.25, 0.3) is 0 Å². The van der Waals surface area contributed by atoms with Crippen LogP contribution in [0.3, 0.4) is 0 Å². The Kier molecular flexibility index (Phi) is 2.59. The largest absolute Gasteiger partial charge is 0.497 e. The Morgan fingerprint density at radius 1 is 1.57 bits per heavy atom. The molecular weight excluding hydrogens is 178 g/mol. The van der Waals surface area contributed by atoms with Gasteiger partial charge >= 0.3 is 0 Å². The molecule has 1 unspecified atom stereocenters. The number of aliphatic hydroxyl groups is 1. The summed E-state index contributed by atoms with van der Waals surface area (Å²) in [4.78, 5) is 0. The number of ether oxygens (including phenoxy) is 1. The van der Waals surface area contributed by atoms with Gasteiger partial charge in [0.05, 0.1) is 13.7 Å². The van der Waals surface area contributed by atoms with E-state index in [1.807, 2.05) is 12.1 Å². The fourth-order valence-electron chi connectivity index (χ4n) is 1.80. The van der Waals surface area contributed by atoms with E-state index >= 15 is 0 Å². The summed E-state index contributed by atoms with van der Waals surface area (Å²) in [5.41, 5.74) is 2.39. The predicted molar refractivity (Wildman–Crippen MR) is 55.8 cm³/mol. The molecule has 1 atom stereocenters. The van der Waals surface area contributed by atoms with Crippen molar-refractivity contribution in [2.24, 2.45) is 0 Å². The monoisotopic (exact) mass is 193 g/mol. The lowest BCUT2D eigenvalue weighted by atomic mass is 9.98. The first-order valence-corrected chi connectivity index (χ1v) is 4.88. The Morgan fingerprint density at radius 2 is 2.43 bits per heavy atom. The molecular formula is C11H15NO2. The van der Waals surface area contributed by atoms with Gasteiger partial charge < -0.3 is 15.2 Å². The highest BCUT2D eigenvalue weighted by Crippen LogP contribution is 2.28. The molecule has 76 valence electrons. The first-order chi connectivity index (χ1) is 6.83. The van der Waals surface area contributed by atoms with Gasteiger partial charge in [-0.25, -0.2) is 0 Å². The summed E-state index contributed by atoms with van der Waals surface area (Å²) in [6.07, 6.45) is 1.99. The van der Waals surface area contributed by atoms with Crippen LogP contribution in [0.5, 0.6) is 5.75 Å². The van der Waals surface area contributed by atoms with Gasteiger partial charge in [0, 0.05) is 11.7 Å². The third-order valence-corrected chi connectivity index (χ3v) is 2.65. The van der Waals surface area contributed by atoms with Crippen LogP contribution in [0.4, 0.5) is 5.69 Å². The van der Waals surface area contributed by atoms with Gasteiger partial charge in [-0.15, -0.1) is 0 Å². The van der Waals surface area contributed by atoms with E-state index in [1.165, 1.54) is 5.56 Å². The van der Waals surface area contributed by atoms with E-state index in [0.29, 0.717) is 0 Å². The van der Waals surface area contributed by atoms with Crippen molar-refractivity contribution in [3.63, 3.8) is 0 Å². The third-order valence-electron chi connectivity index (χ3n) is 2.65. The normalized spacial score (nSPS) is 19.7. The molecule has 0 aromatic heterocycles. The lowest BCUT2D eigenvalue weighted by Crippen LogP contribution is -2.28. The number of aryl methyl sites for hydroxylation is 1. The highest BCUT2D eigenvalue weighted by atomic mass is 16.5. The maximum atomic E-state index is 9.03. The molecule has 1 aromatic rings. The number of methoxy groups -OCH3 is 1. The zero-order valence-corrected chi connectivity index (χ0v) is 8.29. The molecule has 1 aliphatic heterocycles. The van der Waals surface area contributed by atoms with Crippen molar-refractivity contribution in [3.05, 3.63) is 23.8 Å². The molecule has 0 bridgehead atoms. The van der Waals surface area contributed by atoms with Crippen LogP contribution in [0.15, 0.2) is 18.2 Å². The van der Waals surface area contributed by atoms with Gasteiger partial charge in [-0.05, 0) is 36.6 Å². The van der Waals surface area contributed by atoms with Crippen LogP contribution >= 0.6 is 0 Å². The molecule has 3 heteroatoms. The summed E-state index contributed by atoms with van der Waals surface area (Å²) in [7, 11) is 1.68. The first kappa shape index (κ1) is 9.34. The smallest absolute Gasteiger partial charge is 0.119 e. The lowest BCUT2D eigenvalue weighted by Gasteiger charge is -2.25. The zero-order chi connectivity index (χ0) is 9.97. The second kappa shape index (κ2) is 3.88. The summed E-state index contributed by atoms with van der Waals surface area (Å²) in [5.74, 6) is 0.896. The minimum Gasteiger partial charge on any atom is -0.497 e. The number of fused-ring (bicyclic) bond motifs is 1. The van der Waals surface area contributed by atoms with E-state index in [9.17, 15) is 0 Å². The van der Waals surface area contributed by atoms with Crippen molar-refractivity contribution in [1.29, 1.82) is 0 Å². The van der Waals surface area contributed by atoms with Gasteiger partial charge in [0.1, 0.15) is 5.75 Å². The summed E-state index contributed by atoms with van der Waals surface area (Å²) < 4.78 is 5.16. The number of nitrogens with one attached hydrogen (secondary N) is 1. The number of benzene rings is 1. The summed E-state index contributed by atoms with van der Waals surface area (Å²) >= 11 is 0. The van der Waals surface area contributed by atoms with Crippen molar-refractivity contribution in [2.75, 3.05) is 19.0 Å². The van der Waals surface area contributed by atoms with E-state index < -0.39 is 0 Å². The molecule has 14 heavy (non-hydrogen) atoms. The number of hydrogen-bond donors (Lipinski definition) is 2. The Bertz CT molecular complexity index is 325. The summed E-state index contributed by atoms with van der Waals surface area (Å²) in [6.45, 7) is 0.200. The quantitative estimate of drug-likeness (QED) is 0.746. The van der Waals surface area contributed by atoms with Gasteiger partial charge in [0.15, 0.2) is 0 Å². The van der Waals surface area contributed by atoms with E-state index in [2.05, 4.69) is 11.4 Å². The van der Waals surface area contributed by atoms with Gasteiger partial charge in [-0.2, -0.15) is 0 Å². The zero-order valence-electron chi connectivity index (χ0n) is 8.29. The third kappa shape index (κ3) is 1.68. The maximum absolute atomic E-state index is 9.03. The average Bonchev–Trinajstić information content (AvgIpc) is 2.27. The molecule has 1 heterocycles. The number of hydrogen-bond acceptors (Lipinski definition) is 3. The topological polar surface area (TPSA) is 41.5 Å². The lowest BCUT2D eigenvalue weighted by molar-refractivity contribution is 0.267. The van der Waals surface area contributed by atoms with Crippen LogP contribution in [0.1, 0.15) is 12.0 Å². The predicted octanol–water partition coefficient (Wildman–Crippen LogP) is 1.41. The molecule has 0 amide bonds. The number of anilines is 1. The molecule has 0 saturated heterocycles. The molecule has 2 rings (SSSR count). The van der Waals surface area contributed by atoms with Crippen molar-refractivity contribution < 1.29 is 9.84 Å². The highest BCUT2D eigenvalue weighted by Gasteiger charge is 2.16. The first-order valence-electron chi connectivity index (χ1n) is 4.88. The van der Waals surface area contributed by atoms with E-state index in [-0.39, 0.29) is 12.6 Å². The molecule has 0 saturated carbocycles. The van der Waals surface area contributed by atoms with Gasteiger partial charge in [0.2, 0.25) is 0 Å². The fourth-order valence-corrected chi connectivity index (χ4v) is 1.80. The number of rotatable bonds is 2. The van der Waals surface area contributed by atoms with E-state index in [4.69, 9.17) is 9.84 Å². The van der Waals surface area contributed by atoms with Crippen LogP contribution in [-0.2, 0) is 6.42 Å². The van der Waals surface area contributed by atoms with Crippen molar-refractivity contribution >= 4 is 5.69 Å². The molecule has 2 N–H and O–H groups in total. The molecule has 3 nitrogen and oxygen atoms in total. The standard InChI is InChI=1S/C11H15NO2/c1-14-10-4-5-11-8(6-10)2-3-9(7-13)12-11/h4-6,9,12-13H,2-3,7H2,1H3. The van der Waals surface area contributed by atoms with Crippen LogP contribution in [0.25, 0.3) is 0 Å². The number of aliphatic hydroxyl groups excluding tert-OH is 1. The SMILES string of the molecule is COc1ccc2c(c1)CCC(CO)N2. The van der Waals surface area contributed by atoms with Gasteiger partial charge in [-0.3, -0.25) is 0 Å².